The highest BCUT2D eigenvalue weighted by Gasteiger charge is 2.22. The maximum absolute atomic E-state index is 12.9. The van der Waals surface area contributed by atoms with E-state index in [1.807, 2.05) is 0 Å². The van der Waals surface area contributed by atoms with Crippen molar-refractivity contribution in [2.24, 2.45) is 0 Å². The smallest absolute Gasteiger partial charge is 0.410 e. The normalized spacial score (nSPS) is 11.0. The van der Waals surface area contributed by atoms with Crippen LogP contribution in [0.2, 0.25) is 0 Å². The molecular formula is C15H20FNO4. The number of halogens is 1. The highest BCUT2D eigenvalue weighted by atomic mass is 19.1. The fourth-order valence-electron chi connectivity index (χ4n) is 1.60. The van der Waals surface area contributed by atoms with Crippen LogP contribution in [0.3, 0.4) is 0 Å². The number of carbonyl (C=O) groups excluding carboxylic acids is 1. The molecular weight excluding hydrogens is 277 g/mol. The number of benzene rings is 1. The summed E-state index contributed by atoms with van der Waals surface area (Å²) in [6.07, 6.45) is -0.770. The first-order chi connectivity index (χ1) is 9.67. The highest BCUT2D eigenvalue weighted by Crippen LogP contribution is 2.13. The minimum Gasteiger partial charge on any atom is -0.481 e. The zero-order valence-corrected chi connectivity index (χ0v) is 12.4. The van der Waals surface area contributed by atoms with Crippen LogP contribution in [0.25, 0.3) is 0 Å². The van der Waals surface area contributed by atoms with Gasteiger partial charge in [0.2, 0.25) is 0 Å². The number of carboxylic acid groups (broad SMARTS) is 1. The molecule has 1 amide bonds. The van der Waals surface area contributed by atoms with Gasteiger partial charge in [-0.1, -0.05) is 12.1 Å². The Morgan fingerprint density at radius 1 is 1.24 bits per heavy atom. The van der Waals surface area contributed by atoms with Crippen molar-refractivity contribution in [1.29, 1.82) is 0 Å². The Kier molecular flexibility index (Phi) is 5.69. The number of hydrogen-bond donors (Lipinski definition) is 1. The van der Waals surface area contributed by atoms with E-state index < -0.39 is 17.7 Å². The van der Waals surface area contributed by atoms with Crippen LogP contribution in [0.1, 0.15) is 32.8 Å². The zero-order chi connectivity index (χ0) is 16.0. The molecule has 0 aliphatic rings. The zero-order valence-electron chi connectivity index (χ0n) is 12.4. The van der Waals surface area contributed by atoms with Gasteiger partial charge in [-0.25, -0.2) is 9.18 Å². The van der Waals surface area contributed by atoms with Crippen molar-refractivity contribution in [2.75, 3.05) is 6.54 Å². The van der Waals surface area contributed by atoms with E-state index in [1.54, 1.807) is 32.9 Å². The van der Waals surface area contributed by atoms with Gasteiger partial charge in [-0.05, 0) is 38.5 Å². The van der Waals surface area contributed by atoms with E-state index in [-0.39, 0.29) is 25.3 Å². The fraction of sp³-hybridized carbons (Fsp3) is 0.467. The summed E-state index contributed by atoms with van der Waals surface area (Å²) in [6, 6.07) is 5.68. The first-order valence-electron chi connectivity index (χ1n) is 6.61. The number of carboxylic acids is 1. The van der Waals surface area contributed by atoms with Crippen molar-refractivity contribution in [3.63, 3.8) is 0 Å². The van der Waals surface area contributed by atoms with Crippen LogP contribution in [0.15, 0.2) is 24.3 Å². The van der Waals surface area contributed by atoms with Gasteiger partial charge in [-0.3, -0.25) is 4.79 Å². The summed E-state index contributed by atoms with van der Waals surface area (Å²) in [4.78, 5) is 24.1. The number of rotatable bonds is 5. The van der Waals surface area contributed by atoms with E-state index in [4.69, 9.17) is 9.84 Å². The lowest BCUT2D eigenvalue weighted by molar-refractivity contribution is -0.137. The third kappa shape index (κ3) is 6.74. The van der Waals surface area contributed by atoms with Crippen LogP contribution in [0.4, 0.5) is 9.18 Å². The Morgan fingerprint density at radius 2 is 1.81 bits per heavy atom. The molecule has 0 heterocycles. The van der Waals surface area contributed by atoms with Gasteiger partial charge in [0.1, 0.15) is 11.4 Å². The largest absolute Gasteiger partial charge is 0.481 e. The van der Waals surface area contributed by atoms with E-state index in [9.17, 15) is 14.0 Å². The summed E-state index contributed by atoms with van der Waals surface area (Å²) in [7, 11) is 0. The van der Waals surface area contributed by atoms with Gasteiger partial charge in [0.15, 0.2) is 0 Å². The number of hydrogen-bond acceptors (Lipinski definition) is 3. The number of nitrogens with zero attached hydrogens (tertiary/aromatic N) is 1. The SMILES string of the molecule is CC(C)(C)OC(=O)N(CCC(=O)O)Cc1ccc(F)cc1. The molecule has 0 unspecified atom stereocenters. The van der Waals surface area contributed by atoms with Crippen LogP contribution >= 0.6 is 0 Å². The average Bonchev–Trinajstić information content (AvgIpc) is 2.34. The highest BCUT2D eigenvalue weighted by molar-refractivity contribution is 5.70. The molecule has 116 valence electrons. The van der Waals surface area contributed by atoms with E-state index in [0.29, 0.717) is 5.56 Å². The summed E-state index contributed by atoms with van der Waals surface area (Å²) >= 11 is 0. The van der Waals surface area contributed by atoms with E-state index in [2.05, 4.69) is 0 Å². The van der Waals surface area contributed by atoms with Gasteiger partial charge in [0.25, 0.3) is 0 Å². The van der Waals surface area contributed by atoms with Crippen LogP contribution in [-0.2, 0) is 16.1 Å². The van der Waals surface area contributed by atoms with Gasteiger partial charge in [0, 0.05) is 13.1 Å². The lowest BCUT2D eigenvalue weighted by Gasteiger charge is -2.27. The fourth-order valence-corrected chi connectivity index (χ4v) is 1.60. The molecule has 0 bridgehead atoms. The standard InChI is InChI=1S/C15H20FNO4/c1-15(2,3)21-14(20)17(9-8-13(18)19)10-11-4-6-12(16)7-5-11/h4-7H,8-10H2,1-3H3,(H,18,19). The molecule has 0 saturated heterocycles. The molecule has 6 heteroatoms. The summed E-state index contributed by atoms with van der Waals surface area (Å²) in [5.41, 5.74) is 0.0362. The minimum atomic E-state index is -0.998. The van der Waals surface area contributed by atoms with Crippen molar-refractivity contribution < 1.29 is 23.8 Å². The van der Waals surface area contributed by atoms with E-state index in [1.165, 1.54) is 17.0 Å². The number of amides is 1. The van der Waals surface area contributed by atoms with Crippen molar-refractivity contribution in [2.45, 2.75) is 39.3 Å². The van der Waals surface area contributed by atoms with Gasteiger partial charge < -0.3 is 14.7 Å². The first-order valence-corrected chi connectivity index (χ1v) is 6.61. The third-order valence-electron chi connectivity index (χ3n) is 2.53. The maximum atomic E-state index is 12.9. The minimum absolute atomic E-state index is 0.0294. The Labute approximate surface area is 123 Å². The second-order valence-electron chi connectivity index (χ2n) is 5.67. The predicted octanol–water partition coefficient (Wildman–Crippen LogP) is 3.04. The molecule has 5 nitrogen and oxygen atoms in total. The monoisotopic (exact) mass is 297 g/mol. The Hall–Kier alpha value is -2.11. The van der Waals surface area contributed by atoms with Crippen LogP contribution in [0, 0.1) is 5.82 Å². The number of ether oxygens (including phenoxy) is 1. The third-order valence-corrected chi connectivity index (χ3v) is 2.53. The van der Waals surface area contributed by atoms with Crippen molar-refractivity contribution >= 4 is 12.1 Å². The molecule has 1 rings (SSSR count). The molecule has 0 radical (unpaired) electrons. The van der Waals surface area contributed by atoms with Crippen molar-refractivity contribution in [3.8, 4) is 0 Å². The lowest BCUT2D eigenvalue weighted by Crippen LogP contribution is -2.37. The molecule has 0 fully saturated rings. The number of carbonyl (C=O) groups is 2. The lowest BCUT2D eigenvalue weighted by atomic mass is 10.2. The Morgan fingerprint density at radius 3 is 2.29 bits per heavy atom. The molecule has 0 aliphatic heterocycles. The first kappa shape index (κ1) is 16.9. The molecule has 0 saturated carbocycles. The van der Waals surface area contributed by atoms with E-state index in [0.717, 1.165) is 0 Å². The summed E-state index contributed by atoms with van der Waals surface area (Å²) in [6.45, 7) is 5.40. The summed E-state index contributed by atoms with van der Waals surface area (Å²) in [5.74, 6) is -1.37. The van der Waals surface area contributed by atoms with Crippen molar-refractivity contribution in [1.82, 2.24) is 4.90 Å². The van der Waals surface area contributed by atoms with Crippen LogP contribution in [-0.4, -0.2) is 34.2 Å². The van der Waals surface area contributed by atoms with E-state index >= 15 is 0 Å². The van der Waals surface area contributed by atoms with Crippen LogP contribution < -0.4 is 0 Å². The molecule has 1 N–H and O–H groups in total. The molecule has 1 aromatic rings. The summed E-state index contributed by atoms with van der Waals surface area (Å²) < 4.78 is 18.1. The Bertz CT molecular complexity index is 493. The molecule has 0 spiro atoms. The summed E-state index contributed by atoms with van der Waals surface area (Å²) in [5, 5.41) is 8.75. The van der Waals surface area contributed by atoms with Crippen molar-refractivity contribution in [3.05, 3.63) is 35.6 Å². The second kappa shape index (κ2) is 7.06. The van der Waals surface area contributed by atoms with Gasteiger partial charge in [0.05, 0.1) is 6.42 Å². The van der Waals surface area contributed by atoms with Gasteiger partial charge >= 0.3 is 12.1 Å². The molecule has 0 aliphatic carbocycles. The van der Waals surface area contributed by atoms with Gasteiger partial charge in [-0.15, -0.1) is 0 Å². The van der Waals surface area contributed by atoms with Crippen LogP contribution in [0.5, 0.6) is 0 Å². The molecule has 0 atom stereocenters. The molecule has 1 aromatic carbocycles. The maximum Gasteiger partial charge on any atom is 0.410 e. The molecule has 21 heavy (non-hydrogen) atoms. The second-order valence-corrected chi connectivity index (χ2v) is 5.67. The topological polar surface area (TPSA) is 66.8 Å². The average molecular weight is 297 g/mol. The number of aliphatic carboxylic acids is 1. The molecule has 0 aromatic heterocycles. The Balaban J connectivity index is 2.78. The van der Waals surface area contributed by atoms with Gasteiger partial charge in [-0.2, -0.15) is 0 Å². The predicted molar refractivity (Wildman–Crippen MR) is 75.3 cm³/mol. The quantitative estimate of drug-likeness (QED) is 0.907.